The molecule has 1 N–H and O–H groups in total. The Morgan fingerprint density at radius 3 is 2.54 bits per heavy atom. The third-order valence-electron chi connectivity index (χ3n) is 5.77. The summed E-state index contributed by atoms with van der Waals surface area (Å²) < 4.78 is 35.7. The first-order chi connectivity index (χ1) is 17.3. The lowest BCUT2D eigenvalue weighted by Crippen LogP contribution is -2.49. The van der Waals surface area contributed by atoms with Crippen LogP contribution in [0.25, 0.3) is 0 Å². The third-order valence-corrected chi connectivity index (χ3v) is 9.97. The molecule has 37 heavy (non-hydrogen) atoms. The van der Waals surface area contributed by atoms with Gasteiger partial charge in [0.25, 0.3) is 15.9 Å². The highest BCUT2D eigenvalue weighted by Crippen LogP contribution is 2.40. The molecule has 1 aliphatic heterocycles. The van der Waals surface area contributed by atoms with Crippen molar-refractivity contribution in [1.29, 1.82) is 0 Å². The summed E-state index contributed by atoms with van der Waals surface area (Å²) in [6, 6.07) is 12.2. The van der Waals surface area contributed by atoms with E-state index in [0.29, 0.717) is 22.5 Å². The molecule has 2 aromatic carbocycles. The number of benzene rings is 2. The minimum absolute atomic E-state index is 0.155. The van der Waals surface area contributed by atoms with Gasteiger partial charge < -0.3 is 4.74 Å². The molecule has 4 rings (SSSR count). The summed E-state index contributed by atoms with van der Waals surface area (Å²) in [5, 5.41) is 11.3. The highest BCUT2D eigenvalue weighted by atomic mass is 32.2. The van der Waals surface area contributed by atoms with E-state index < -0.39 is 22.0 Å². The first kappa shape index (κ1) is 27.4. The zero-order valence-corrected chi connectivity index (χ0v) is 24.3. The van der Waals surface area contributed by atoms with E-state index in [1.54, 1.807) is 42.1 Å². The lowest BCUT2D eigenvalue weighted by Gasteiger charge is -2.35. The van der Waals surface area contributed by atoms with Gasteiger partial charge in [-0.05, 0) is 48.1 Å². The number of thioether (sulfide) groups is 1. The fraction of sp³-hybridized carbons (Fsp3) is 0.423. The topological polar surface area (TPSA) is 101 Å². The highest BCUT2D eigenvalue weighted by Gasteiger charge is 2.38. The van der Waals surface area contributed by atoms with Crippen molar-refractivity contribution in [2.75, 3.05) is 21.9 Å². The number of ether oxygens (including phenoxy) is 1. The summed E-state index contributed by atoms with van der Waals surface area (Å²) in [7, 11) is -3.96. The maximum absolute atomic E-state index is 13.8. The quantitative estimate of drug-likeness (QED) is 0.301. The average molecular weight is 561 g/mol. The number of aromatic nitrogens is 2. The van der Waals surface area contributed by atoms with Gasteiger partial charge >= 0.3 is 0 Å². The van der Waals surface area contributed by atoms with Gasteiger partial charge in [-0.15, -0.1) is 10.2 Å². The van der Waals surface area contributed by atoms with Crippen LogP contribution >= 0.6 is 23.1 Å². The number of anilines is 2. The summed E-state index contributed by atoms with van der Waals surface area (Å²) in [5.41, 5.74) is 2.13. The molecule has 0 fully saturated rings. The molecule has 0 saturated heterocycles. The standard InChI is InChI=1S/C26H32N4O4S3/c1-16(2)15-35-25-29-28-24(36-25)27-23(31)22-14-30(37(32,33)19-10-7-17(3)8-11-19)20-13-18(26(4,5)6)9-12-21(20)34-22/h7-13,16,22H,14-15H2,1-6H3,(H,27,28,31). The number of aryl methyl sites for hydroxylation is 1. The van der Waals surface area contributed by atoms with Crippen molar-refractivity contribution in [3.05, 3.63) is 53.6 Å². The monoisotopic (exact) mass is 560 g/mol. The van der Waals surface area contributed by atoms with Gasteiger partial charge in [0.15, 0.2) is 10.4 Å². The second-order valence-electron chi connectivity index (χ2n) is 10.5. The smallest absolute Gasteiger partial charge is 0.269 e. The van der Waals surface area contributed by atoms with Crippen molar-refractivity contribution >= 4 is 49.8 Å². The Morgan fingerprint density at radius 1 is 1.19 bits per heavy atom. The maximum Gasteiger partial charge on any atom is 0.269 e. The molecule has 11 heteroatoms. The zero-order valence-electron chi connectivity index (χ0n) is 21.8. The van der Waals surface area contributed by atoms with E-state index in [-0.39, 0.29) is 16.9 Å². The number of amides is 1. The molecule has 1 aliphatic rings. The number of carbonyl (C=O) groups excluding carboxylic acids is 1. The number of nitrogens with one attached hydrogen (secondary N) is 1. The maximum atomic E-state index is 13.8. The SMILES string of the molecule is Cc1ccc(S(=O)(=O)N2CC(C(=O)Nc3nnc(SCC(C)C)s3)Oc3ccc(C(C)(C)C)cc32)cc1. The molecule has 0 bridgehead atoms. The van der Waals surface area contributed by atoms with E-state index >= 15 is 0 Å². The second-order valence-corrected chi connectivity index (χ2v) is 14.6. The normalized spacial score (nSPS) is 15.9. The van der Waals surface area contributed by atoms with E-state index in [1.807, 2.05) is 19.1 Å². The van der Waals surface area contributed by atoms with E-state index in [1.165, 1.54) is 15.6 Å². The van der Waals surface area contributed by atoms with Gasteiger partial charge in [-0.25, -0.2) is 8.42 Å². The van der Waals surface area contributed by atoms with Crippen molar-refractivity contribution in [1.82, 2.24) is 10.2 Å². The summed E-state index contributed by atoms with van der Waals surface area (Å²) in [4.78, 5) is 13.4. The minimum atomic E-state index is -3.96. The first-order valence-electron chi connectivity index (χ1n) is 12.0. The fourth-order valence-electron chi connectivity index (χ4n) is 3.66. The molecule has 1 unspecified atom stereocenters. The number of hydrogen-bond acceptors (Lipinski definition) is 8. The lowest BCUT2D eigenvalue weighted by atomic mass is 9.86. The van der Waals surface area contributed by atoms with Crippen molar-refractivity contribution < 1.29 is 17.9 Å². The molecule has 0 aliphatic carbocycles. The predicted molar refractivity (Wildman–Crippen MR) is 149 cm³/mol. The summed E-state index contributed by atoms with van der Waals surface area (Å²) in [6.07, 6.45) is -1.07. The van der Waals surface area contributed by atoms with Crippen LogP contribution in [0.15, 0.2) is 51.7 Å². The molecule has 0 radical (unpaired) electrons. The zero-order chi connectivity index (χ0) is 27.0. The van der Waals surface area contributed by atoms with Gasteiger partial charge in [-0.2, -0.15) is 0 Å². The van der Waals surface area contributed by atoms with Crippen LogP contribution in [0, 0.1) is 12.8 Å². The number of fused-ring (bicyclic) bond motifs is 1. The number of rotatable bonds is 7. The number of carbonyl (C=O) groups is 1. The van der Waals surface area contributed by atoms with Crippen LogP contribution in [0.4, 0.5) is 10.8 Å². The van der Waals surface area contributed by atoms with Gasteiger partial charge in [-0.1, -0.05) is 81.5 Å². The van der Waals surface area contributed by atoms with Crippen LogP contribution in [-0.2, 0) is 20.2 Å². The van der Waals surface area contributed by atoms with Crippen LogP contribution in [0.5, 0.6) is 5.75 Å². The van der Waals surface area contributed by atoms with E-state index in [2.05, 4.69) is 50.1 Å². The molecule has 3 aromatic rings. The van der Waals surface area contributed by atoms with Gasteiger partial charge in [-0.3, -0.25) is 14.4 Å². The van der Waals surface area contributed by atoms with E-state index in [4.69, 9.17) is 4.74 Å². The third kappa shape index (κ3) is 6.27. The molecule has 1 atom stereocenters. The molecule has 8 nitrogen and oxygen atoms in total. The lowest BCUT2D eigenvalue weighted by molar-refractivity contribution is -0.122. The Morgan fingerprint density at radius 2 is 1.89 bits per heavy atom. The number of hydrogen-bond donors (Lipinski definition) is 1. The van der Waals surface area contributed by atoms with Crippen LogP contribution < -0.4 is 14.4 Å². The van der Waals surface area contributed by atoms with Crippen molar-refractivity contribution in [2.24, 2.45) is 5.92 Å². The Kier molecular flexibility index (Phi) is 7.87. The molecule has 0 saturated carbocycles. The van der Waals surface area contributed by atoms with Gasteiger partial charge in [0, 0.05) is 5.75 Å². The van der Waals surface area contributed by atoms with Crippen molar-refractivity contribution in [2.45, 2.75) is 62.3 Å². The Bertz CT molecular complexity index is 1380. The molecule has 0 spiro atoms. The highest BCUT2D eigenvalue weighted by molar-refractivity contribution is 8.01. The number of sulfonamides is 1. The van der Waals surface area contributed by atoms with Crippen LogP contribution in [0.1, 0.15) is 45.7 Å². The Balaban J connectivity index is 1.65. The van der Waals surface area contributed by atoms with Crippen LogP contribution in [-0.4, -0.2) is 42.9 Å². The van der Waals surface area contributed by atoms with Gasteiger partial charge in [0.2, 0.25) is 5.13 Å². The molecular formula is C26H32N4O4S3. The molecule has 1 amide bonds. The molecular weight excluding hydrogens is 529 g/mol. The van der Waals surface area contributed by atoms with E-state index in [0.717, 1.165) is 21.2 Å². The summed E-state index contributed by atoms with van der Waals surface area (Å²) in [6.45, 7) is 12.1. The largest absolute Gasteiger partial charge is 0.476 e. The first-order valence-corrected chi connectivity index (χ1v) is 15.3. The second kappa shape index (κ2) is 10.6. The van der Waals surface area contributed by atoms with Crippen molar-refractivity contribution in [3.63, 3.8) is 0 Å². The summed E-state index contributed by atoms with van der Waals surface area (Å²) >= 11 is 2.87. The molecule has 198 valence electrons. The van der Waals surface area contributed by atoms with Crippen LogP contribution in [0.3, 0.4) is 0 Å². The minimum Gasteiger partial charge on any atom is -0.476 e. The Labute approximate surface area is 226 Å². The van der Waals surface area contributed by atoms with Crippen LogP contribution in [0.2, 0.25) is 0 Å². The van der Waals surface area contributed by atoms with Gasteiger partial charge in [0.1, 0.15) is 5.75 Å². The number of nitrogens with zero attached hydrogens (tertiary/aromatic N) is 3. The molecule has 2 heterocycles. The van der Waals surface area contributed by atoms with Gasteiger partial charge in [0.05, 0.1) is 17.1 Å². The predicted octanol–water partition coefficient (Wildman–Crippen LogP) is 5.49. The van der Waals surface area contributed by atoms with E-state index in [9.17, 15) is 13.2 Å². The fourth-order valence-corrected chi connectivity index (χ4v) is 6.86. The molecule has 1 aromatic heterocycles. The average Bonchev–Trinajstić information content (AvgIpc) is 3.28. The van der Waals surface area contributed by atoms with Crippen molar-refractivity contribution in [3.8, 4) is 5.75 Å². The Hall–Kier alpha value is -2.63. The summed E-state index contributed by atoms with van der Waals surface area (Å²) in [5.74, 6) is 1.25.